The molecule has 0 aliphatic heterocycles. The van der Waals surface area contributed by atoms with E-state index in [1.165, 1.54) is 104 Å². The molecule has 0 heterocycles. The topological polar surface area (TPSA) is 0 Å². The molecule has 0 radical (unpaired) electrons. The van der Waals surface area contributed by atoms with E-state index in [0.717, 1.165) is 0 Å². The maximum Gasteiger partial charge on any atom is -0.00204 e. The molecular formula is C50H36. The highest BCUT2D eigenvalue weighted by Crippen LogP contribution is 2.46. The second kappa shape index (κ2) is 10.8. The van der Waals surface area contributed by atoms with Crippen molar-refractivity contribution in [1.82, 2.24) is 0 Å². The maximum atomic E-state index is 2.45. The van der Waals surface area contributed by atoms with Crippen LogP contribution in [0.2, 0.25) is 0 Å². The minimum absolute atomic E-state index is 0.0490. The number of fused-ring (bicyclic) bond motifs is 3. The van der Waals surface area contributed by atoms with E-state index in [1.807, 2.05) is 0 Å². The molecule has 0 saturated carbocycles. The third-order valence-corrected chi connectivity index (χ3v) is 10.9. The van der Waals surface area contributed by atoms with Gasteiger partial charge in [-0.2, -0.15) is 0 Å². The molecule has 0 bridgehead atoms. The van der Waals surface area contributed by atoms with Gasteiger partial charge in [0.05, 0.1) is 0 Å². The summed E-state index contributed by atoms with van der Waals surface area (Å²) in [5.74, 6) is 0. The molecule has 0 unspecified atom stereocenters. The minimum Gasteiger partial charge on any atom is -0.0616 e. The first-order valence-corrected chi connectivity index (χ1v) is 17.7. The highest BCUT2D eigenvalue weighted by atomic mass is 14.3. The lowest BCUT2D eigenvalue weighted by atomic mass is 9.77. The minimum atomic E-state index is -0.0490. The maximum absolute atomic E-state index is 2.45. The Kier molecular flexibility index (Phi) is 6.24. The molecule has 0 atom stereocenters. The van der Waals surface area contributed by atoms with Crippen LogP contribution in [0.1, 0.15) is 26.3 Å². The Labute approximate surface area is 292 Å². The molecule has 50 heavy (non-hydrogen) atoms. The van der Waals surface area contributed by atoms with Gasteiger partial charge in [0, 0.05) is 0 Å². The van der Waals surface area contributed by atoms with Gasteiger partial charge in [-0.1, -0.05) is 178 Å². The SMILES string of the molecule is CC(C)(C)c1c2ccccc2c(-c2cccc3ccccc23)c2ccc(-c3ccc(-c4ccc5ccc6cccc7ccc4c5c67)cc3)cc12. The van der Waals surface area contributed by atoms with Crippen LogP contribution in [-0.2, 0) is 5.41 Å². The Morgan fingerprint density at radius 1 is 0.320 bits per heavy atom. The highest BCUT2D eigenvalue weighted by Gasteiger charge is 2.24. The predicted octanol–water partition coefficient (Wildman–Crippen LogP) is 14.3. The summed E-state index contributed by atoms with van der Waals surface area (Å²) in [5, 5.41) is 15.8. The largest absolute Gasteiger partial charge is 0.0616 e. The van der Waals surface area contributed by atoms with Crippen molar-refractivity contribution < 1.29 is 0 Å². The Balaban J connectivity index is 1.16. The van der Waals surface area contributed by atoms with E-state index in [0.29, 0.717) is 0 Å². The van der Waals surface area contributed by atoms with Gasteiger partial charge in [0.2, 0.25) is 0 Å². The summed E-state index contributed by atoms with van der Waals surface area (Å²) < 4.78 is 0. The van der Waals surface area contributed by atoms with Crippen LogP contribution < -0.4 is 0 Å². The van der Waals surface area contributed by atoms with E-state index in [1.54, 1.807) is 0 Å². The van der Waals surface area contributed by atoms with E-state index < -0.39 is 0 Å². The molecule has 0 spiro atoms. The van der Waals surface area contributed by atoms with Crippen molar-refractivity contribution >= 4 is 64.6 Å². The number of benzene rings is 10. The predicted molar refractivity (Wildman–Crippen MR) is 218 cm³/mol. The number of hydrogen-bond donors (Lipinski definition) is 0. The first-order chi connectivity index (χ1) is 24.4. The van der Waals surface area contributed by atoms with E-state index >= 15 is 0 Å². The lowest BCUT2D eigenvalue weighted by Crippen LogP contribution is -2.13. The van der Waals surface area contributed by atoms with Crippen LogP contribution in [0.25, 0.3) is 98.0 Å². The van der Waals surface area contributed by atoms with Gasteiger partial charge in [-0.25, -0.2) is 0 Å². The molecule has 236 valence electrons. The third kappa shape index (κ3) is 4.31. The molecule has 10 rings (SSSR count). The van der Waals surface area contributed by atoms with Crippen LogP contribution in [0.3, 0.4) is 0 Å². The van der Waals surface area contributed by atoms with E-state index in [-0.39, 0.29) is 5.41 Å². The van der Waals surface area contributed by atoms with Crippen molar-refractivity contribution in [3.63, 3.8) is 0 Å². The third-order valence-electron chi connectivity index (χ3n) is 10.9. The van der Waals surface area contributed by atoms with Gasteiger partial charge in [0.15, 0.2) is 0 Å². The average molecular weight is 637 g/mol. The van der Waals surface area contributed by atoms with Crippen LogP contribution in [-0.4, -0.2) is 0 Å². The molecule has 0 amide bonds. The smallest absolute Gasteiger partial charge is 0.00204 e. The fourth-order valence-corrected chi connectivity index (χ4v) is 8.73. The molecule has 0 aromatic heterocycles. The van der Waals surface area contributed by atoms with Gasteiger partial charge in [-0.05, 0) is 115 Å². The van der Waals surface area contributed by atoms with Gasteiger partial charge in [0.25, 0.3) is 0 Å². The van der Waals surface area contributed by atoms with Gasteiger partial charge >= 0.3 is 0 Å². The lowest BCUT2D eigenvalue weighted by Gasteiger charge is -2.27. The van der Waals surface area contributed by atoms with Crippen molar-refractivity contribution in [2.45, 2.75) is 26.2 Å². The van der Waals surface area contributed by atoms with Crippen molar-refractivity contribution in [3.05, 3.63) is 169 Å². The monoisotopic (exact) mass is 636 g/mol. The van der Waals surface area contributed by atoms with Gasteiger partial charge < -0.3 is 0 Å². The molecule has 0 nitrogen and oxygen atoms in total. The molecule has 0 aliphatic rings. The summed E-state index contributed by atoms with van der Waals surface area (Å²) in [6, 6.07) is 61.1. The molecule has 0 heteroatoms. The van der Waals surface area contributed by atoms with Crippen molar-refractivity contribution in [3.8, 4) is 33.4 Å². The molecule has 0 saturated heterocycles. The van der Waals surface area contributed by atoms with Crippen molar-refractivity contribution in [2.24, 2.45) is 0 Å². The van der Waals surface area contributed by atoms with Gasteiger partial charge in [-0.3, -0.25) is 0 Å². The Bertz CT molecular complexity index is 2910. The standard InChI is InChI=1S/C50H36/c1-50(2,3)49-44-16-7-6-15-41(44)48(40-17-9-11-32-10-4-5-14-38(32)40)43-29-26-37(30-45(43)49)31-18-20-33(21-19-31)39-27-24-36-23-22-34-12-8-13-35-25-28-42(39)47(36)46(34)35/h4-30H,1-3H3. The first-order valence-electron chi connectivity index (χ1n) is 17.7. The Morgan fingerprint density at radius 3 is 1.64 bits per heavy atom. The molecule has 0 fully saturated rings. The number of rotatable bonds is 3. The van der Waals surface area contributed by atoms with Crippen molar-refractivity contribution in [1.29, 1.82) is 0 Å². The zero-order chi connectivity index (χ0) is 33.6. The molecule has 0 N–H and O–H groups in total. The van der Waals surface area contributed by atoms with Crippen LogP contribution >= 0.6 is 0 Å². The van der Waals surface area contributed by atoms with Crippen LogP contribution in [0, 0.1) is 0 Å². The fourth-order valence-electron chi connectivity index (χ4n) is 8.73. The zero-order valence-corrected chi connectivity index (χ0v) is 28.6. The highest BCUT2D eigenvalue weighted by molar-refractivity contribution is 6.25. The molecular weight excluding hydrogens is 601 g/mol. The average Bonchev–Trinajstić information content (AvgIpc) is 3.15. The van der Waals surface area contributed by atoms with E-state index in [9.17, 15) is 0 Å². The van der Waals surface area contributed by atoms with Crippen LogP contribution in [0.4, 0.5) is 0 Å². The lowest BCUT2D eigenvalue weighted by molar-refractivity contribution is 0.601. The number of hydrogen-bond acceptors (Lipinski definition) is 0. The van der Waals surface area contributed by atoms with Gasteiger partial charge in [0.1, 0.15) is 0 Å². The Morgan fingerprint density at radius 2 is 0.860 bits per heavy atom. The Hall–Kier alpha value is -5.98. The quantitative estimate of drug-likeness (QED) is 0.134. The summed E-state index contributed by atoms with van der Waals surface area (Å²) in [5.41, 5.74) is 8.95. The fraction of sp³-hybridized carbons (Fsp3) is 0.0800. The zero-order valence-electron chi connectivity index (χ0n) is 28.6. The summed E-state index contributed by atoms with van der Waals surface area (Å²) in [6.45, 7) is 7.05. The molecule has 0 aliphatic carbocycles. The van der Waals surface area contributed by atoms with Gasteiger partial charge in [-0.15, -0.1) is 0 Å². The van der Waals surface area contributed by atoms with Crippen molar-refractivity contribution in [2.75, 3.05) is 0 Å². The summed E-state index contributed by atoms with van der Waals surface area (Å²) in [7, 11) is 0. The summed E-state index contributed by atoms with van der Waals surface area (Å²) in [6.07, 6.45) is 0. The van der Waals surface area contributed by atoms with Crippen LogP contribution in [0.15, 0.2) is 164 Å². The van der Waals surface area contributed by atoms with E-state index in [4.69, 9.17) is 0 Å². The molecule has 10 aromatic carbocycles. The second-order valence-electron chi connectivity index (χ2n) is 14.9. The molecule has 10 aromatic rings. The summed E-state index contributed by atoms with van der Waals surface area (Å²) in [4.78, 5) is 0. The summed E-state index contributed by atoms with van der Waals surface area (Å²) >= 11 is 0. The van der Waals surface area contributed by atoms with E-state index in [2.05, 4.69) is 185 Å². The van der Waals surface area contributed by atoms with Crippen LogP contribution in [0.5, 0.6) is 0 Å². The second-order valence-corrected chi connectivity index (χ2v) is 14.9. The first kappa shape index (κ1) is 29.0. The normalized spacial score (nSPS) is 12.3.